The molecule has 98 valence electrons. The van der Waals surface area contributed by atoms with E-state index >= 15 is 0 Å². The first-order chi connectivity index (χ1) is 8.39. The van der Waals surface area contributed by atoms with Gasteiger partial charge >= 0.3 is 5.97 Å². The van der Waals surface area contributed by atoms with Gasteiger partial charge in [0.25, 0.3) is 0 Å². The van der Waals surface area contributed by atoms with E-state index in [2.05, 4.69) is 11.4 Å². The minimum absolute atomic E-state index is 0.178. The molecule has 1 unspecified atom stereocenters. The number of carbonyl (C=O) groups is 1. The van der Waals surface area contributed by atoms with E-state index in [-0.39, 0.29) is 5.97 Å². The number of nitrogens with one attached hydrogen (secondary N) is 1. The highest BCUT2D eigenvalue weighted by Crippen LogP contribution is 2.38. The smallest absolute Gasteiger partial charge is 0.331 e. The Labute approximate surface area is 109 Å². The van der Waals surface area contributed by atoms with Crippen molar-refractivity contribution in [3.63, 3.8) is 0 Å². The van der Waals surface area contributed by atoms with Crippen LogP contribution in [0.25, 0.3) is 0 Å². The summed E-state index contributed by atoms with van der Waals surface area (Å²) in [6, 6.07) is 8.09. The molecule has 0 spiro atoms. The first-order valence-corrected chi connectivity index (χ1v) is 6.40. The van der Waals surface area contributed by atoms with Gasteiger partial charge in [-0.3, -0.25) is 0 Å². The van der Waals surface area contributed by atoms with Crippen LogP contribution in [0.3, 0.4) is 0 Å². The van der Waals surface area contributed by atoms with Crippen molar-refractivity contribution in [2.75, 3.05) is 7.05 Å². The van der Waals surface area contributed by atoms with E-state index in [1.54, 1.807) is 0 Å². The normalized spacial score (nSPS) is 22.7. The van der Waals surface area contributed by atoms with Crippen LogP contribution in [0.2, 0.25) is 0 Å². The molecule has 0 fully saturated rings. The van der Waals surface area contributed by atoms with Crippen molar-refractivity contribution < 1.29 is 9.53 Å². The lowest BCUT2D eigenvalue weighted by Gasteiger charge is -2.31. The molecule has 3 heteroatoms. The van der Waals surface area contributed by atoms with Crippen LogP contribution in [0.5, 0.6) is 0 Å². The maximum Gasteiger partial charge on any atom is 0.331 e. The van der Waals surface area contributed by atoms with Crippen LogP contribution in [-0.4, -0.2) is 18.6 Å². The molecule has 0 amide bonds. The molecule has 1 aliphatic rings. The number of carbonyl (C=O) groups excluding carboxylic acids is 1. The third-order valence-corrected chi connectivity index (χ3v) is 3.42. The summed E-state index contributed by atoms with van der Waals surface area (Å²) in [6.45, 7) is 5.69. The fourth-order valence-corrected chi connectivity index (χ4v) is 2.55. The predicted molar refractivity (Wildman–Crippen MR) is 71.3 cm³/mol. The second kappa shape index (κ2) is 4.39. The number of hydrogen-bond acceptors (Lipinski definition) is 3. The highest BCUT2D eigenvalue weighted by molar-refractivity contribution is 5.84. The molecule has 1 aromatic rings. The predicted octanol–water partition coefficient (Wildman–Crippen LogP) is 2.39. The number of benzene rings is 1. The molecular formula is C15H21NO2. The topological polar surface area (TPSA) is 38.3 Å². The first-order valence-electron chi connectivity index (χ1n) is 6.40. The molecule has 0 saturated carbocycles. The van der Waals surface area contributed by atoms with Gasteiger partial charge < -0.3 is 10.1 Å². The van der Waals surface area contributed by atoms with Crippen molar-refractivity contribution in [1.29, 1.82) is 0 Å². The third-order valence-electron chi connectivity index (χ3n) is 3.42. The molecule has 0 aliphatic heterocycles. The Morgan fingerprint density at radius 1 is 1.33 bits per heavy atom. The van der Waals surface area contributed by atoms with Crippen molar-refractivity contribution in [3.05, 3.63) is 35.4 Å². The second-order valence-electron chi connectivity index (χ2n) is 5.81. The van der Waals surface area contributed by atoms with Gasteiger partial charge in [-0.15, -0.1) is 0 Å². The minimum Gasteiger partial charge on any atom is -0.458 e. The summed E-state index contributed by atoms with van der Waals surface area (Å²) in [5, 5.41) is 3.18. The second-order valence-corrected chi connectivity index (χ2v) is 5.81. The molecule has 2 rings (SSSR count). The van der Waals surface area contributed by atoms with E-state index in [4.69, 9.17) is 4.74 Å². The number of ether oxygens (including phenoxy) is 1. The van der Waals surface area contributed by atoms with E-state index in [9.17, 15) is 4.79 Å². The van der Waals surface area contributed by atoms with Crippen LogP contribution >= 0.6 is 0 Å². The summed E-state index contributed by atoms with van der Waals surface area (Å²) >= 11 is 0. The zero-order valence-electron chi connectivity index (χ0n) is 11.5. The van der Waals surface area contributed by atoms with Crippen molar-refractivity contribution in [3.8, 4) is 0 Å². The SMILES string of the molecule is CNC1(C(=O)OC(C)(C)C)CCc2ccccc21. The van der Waals surface area contributed by atoms with Gasteiger partial charge in [0.1, 0.15) is 11.1 Å². The molecule has 3 nitrogen and oxygen atoms in total. The average molecular weight is 247 g/mol. The van der Waals surface area contributed by atoms with Gasteiger partial charge in [0.15, 0.2) is 0 Å². The summed E-state index contributed by atoms with van der Waals surface area (Å²) < 4.78 is 5.57. The van der Waals surface area contributed by atoms with Gasteiger partial charge in [0.05, 0.1) is 0 Å². The fourth-order valence-electron chi connectivity index (χ4n) is 2.55. The van der Waals surface area contributed by atoms with Gasteiger partial charge in [0.2, 0.25) is 0 Å². The molecule has 1 N–H and O–H groups in total. The Morgan fingerprint density at radius 3 is 2.61 bits per heavy atom. The van der Waals surface area contributed by atoms with Crippen LogP contribution in [-0.2, 0) is 21.5 Å². The molecule has 1 aliphatic carbocycles. The largest absolute Gasteiger partial charge is 0.458 e. The highest BCUT2D eigenvalue weighted by Gasteiger charge is 2.46. The summed E-state index contributed by atoms with van der Waals surface area (Å²) in [6.07, 6.45) is 1.67. The quantitative estimate of drug-likeness (QED) is 0.815. The Balaban J connectivity index is 2.37. The van der Waals surface area contributed by atoms with Gasteiger partial charge in [-0.05, 0) is 51.8 Å². The number of likely N-dealkylation sites (N-methyl/N-ethyl adjacent to an activating group) is 1. The van der Waals surface area contributed by atoms with Crippen LogP contribution in [0, 0.1) is 0 Å². The lowest BCUT2D eigenvalue weighted by molar-refractivity contribution is -0.163. The van der Waals surface area contributed by atoms with E-state index in [0.717, 1.165) is 18.4 Å². The summed E-state index contributed by atoms with van der Waals surface area (Å²) in [4.78, 5) is 12.5. The van der Waals surface area contributed by atoms with Gasteiger partial charge in [-0.25, -0.2) is 4.79 Å². The number of fused-ring (bicyclic) bond motifs is 1. The van der Waals surface area contributed by atoms with E-state index in [1.807, 2.05) is 46.0 Å². The number of aryl methyl sites for hydroxylation is 1. The number of esters is 1. The molecule has 0 bridgehead atoms. The number of hydrogen-bond donors (Lipinski definition) is 1. The van der Waals surface area contributed by atoms with Crippen LogP contribution < -0.4 is 5.32 Å². The van der Waals surface area contributed by atoms with Crippen molar-refractivity contribution in [2.45, 2.75) is 44.8 Å². The maximum absolute atomic E-state index is 12.5. The standard InChI is InChI=1S/C15H21NO2/c1-14(2,3)18-13(17)15(16-4)10-9-11-7-5-6-8-12(11)15/h5-8,16H,9-10H2,1-4H3. The summed E-state index contributed by atoms with van der Waals surface area (Å²) in [5.41, 5.74) is 1.15. The molecule has 1 atom stereocenters. The average Bonchev–Trinajstić information content (AvgIpc) is 2.67. The van der Waals surface area contributed by atoms with Crippen molar-refractivity contribution in [1.82, 2.24) is 5.32 Å². The summed E-state index contributed by atoms with van der Waals surface area (Å²) in [5.74, 6) is -0.178. The number of rotatable bonds is 2. The van der Waals surface area contributed by atoms with Gasteiger partial charge in [-0.2, -0.15) is 0 Å². The van der Waals surface area contributed by atoms with Gasteiger partial charge in [0, 0.05) is 0 Å². The molecule has 0 radical (unpaired) electrons. The van der Waals surface area contributed by atoms with Gasteiger partial charge in [-0.1, -0.05) is 24.3 Å². The molecule has 0 saturated heterocycles. The minimum atomic E-state index is -0.677. The molecule has 0 heterocycles. The monoisotopic (exact) mass is 247 g/mol. The Morgan fingerprint density at radius 2 is 2.00 bits per heavy atom. The Bertz CT molecular complexity index is 462. The van der Waals surface area contributed by atoms with Crippen molar-refractivity contribution >= 4 is 5.97 Å². The van der Waals surface area contributed by atoms with E-state index < -0.39 is 11.1 Å². The van der Waals surface area contributed by atoms with Crippen LogP contribution in [0.4, 0.5) is 0 Å². The van der Waals surface area contributed by atoms with Crippen LogP contribution in [0.1, 0.15) is 38.3 Å². The fraction of sp³-hybridized carbons (Fsp3) is 0.533. The lowest BCUT2D eigenvalue weighted by Crippen LogP contribution is -2.48. The zero-order chi connectivity index (χ0) is 13.4. The van der Waals surface area contributed by atoms with E-state index in [1.165, 1.54) is 5.56 Å². The zero-order valence-corrected chi connectivity index (χ0v) is 11.5. The van der Waals surface area contributed by atoms with Crippen molar-refractivity contribution in [2.24, 2.45) is 0 Å². The Hall–Kier alpha value is -1.35. The highest BCUT2D eigenvalue weighted by atomic mass is 16.6. The molecular weight excluding hydrogens is 226 g/mol. The Kier molecular flexibility index (Phi) is 3.20. The van der Waals surface area contributed by atoms with E-state index in [0.29, 0.717) is 0 Å². The summed E-state index contributed by atoms with van der Waals surface area (Å²) in [7, 11) is 1.83. The lowest BCUT2D eigenvalue weighted by atomic mass is 9.91. The van der Waals surface area contributed by atoms with Crippen LogP contribution in [0.15, 0.2) is 24.3 Å². The first kappa shape index (κ1) is 13.1. The molecule has 0 aromatic heterocycles. The maximum atomic E-state index is 12.5. The molecule has 1 aromatic carbocycles. The molecule has 18 heavy (non-hydrogen) atoms. The third kappa shape index (κ3) is 2.15.